The van der Waals surface area contributed by atoms with Gasteiger partial charge in [0.05, 0.1) is 15.4 Å². The molecule has 0 spiro atoms. The maximum absolute atomic E-state index is 12.2. The first kappa shape index (κ1) is 16.2. The van der Waals surface area contributed by atoms with Crippen LogP contribution in [0.3, 0.4) is 0 Å². The van der Waals surface area contributed by atoms with E-state index in [4.69, 9.17) is 23.2 Å². The molecular formula is C14H15Cl2N3OS. The highest BCUT2D eigenvalue weighted by molar-refractivity contribution is 7.16. The summed E-state index contributed by atoms with van der Waals surface area (Å²) in [6.45, 7) is 2.51. The zero-order valence-electron chi connectivity index (χ0n) is 11.6. The predicted octanol–water partition coefficient (Wildman–Crippen LogP) is 3.91. The molecule has 1 amide bonds. The summed E-state index contributed by atoms with van der Waals surface area (Å²) >= 11 is 13.2. The Bertz CT molecular complexity index is 615. The summed E-state index contributed by atoms with van der Waals surface area (Å²) in [5.74, 6) is 0.374. The predicted molar refractivity (Wildman–Crippen MR) is 88.1 cm³/mol. The lowest BCUT2D eigenvalue weighted by molar-refractivity contribution is -0.120. The van der Waals surface area contributed by atoms with Crippen LogP contribution in [0.25, 0.3) is 0 Å². The van der Waals surface area contributed by atoms with Crippen molar-refractivity contribution in [3.63, 3.8) is 0 Å². The summed E-state index contributed by atoms with van der Waals surface area (Å²) in [4.78, 5) is 19.3. The molecule has 21 heavy (non-hydrogen) atoms. The Hall–Kier alpha value is -1.14. The maximum atomic E-state index is 12.2. The third kappa shape index (κ3) is 4.68. The van der Waals surface area contributed by atoms with Gasteiger partial charge in [-0.05, 0) is 38.2 Å². The minimum Gasteiger partial charge on any atom is -0.309 e. The quantitative estimate of drug-likeness (QED) is 0.895. The Balaban J connectivity index is 1.93. The number of nitrogens with one attached hydrogen (secondary N) is 1. The van der Waals surface area contributed by atoms with E-state index >= 15 is 0 Å². The molecule has 2 rings (SSSR count). The zero-order valence-corrected chi connectivity index (χ0v) is 14.0. The second-order valence-electron chi connectivity index (χ2n) is 4.65. The first-order valence-electron chi connectivity index (χ1n) is 6.32. The number of hydrogen-bond acceptors (Lipinski definition) is 4. The van der Waals surface area contributed by atoms with Crippen LogP contribution in [0, 0.1) is 0 Å². The molecule has 0 aromatic carbocycles. The van der Waals surface area contributed by atoms with Crippen LogP contribution in [0.1, 0.15) is 11.8 Å². The lowest BCUT2D eigenvalue weighted by Crippen LogP contribution is -2.39. The molecule has 0 saturated carbocycles. The van der Waals surface area contributed by atoms with Gasteiger partial charge in [0.1, 0.15) is 5.82 Å². The highest BCUT2D eigenvalue weighted by Crippen LogP contribution is 2.23. The van der Waals surface area contributed by atoms with E-state index in [1.165, 1.54) is 17.5 Å². The number of likely N-dealkylation sites (N-methyl/N-ethyl adjacent to an activating group) is 1. The molecular weight excluding hydrogens is 329 g/mol. The summed E-state index contributed by atoms with van der Waals surface area (Å²) < 4.78 is 0.751. The zero-order chi connectivity index (χ0) is 15.4. The summed E-state index contributed by atoms with van der Waals surface area (Å²) in [5, 5.41) is 3.30. The van der Waals surface area contributed by atoms with Gasteiger partial charge >= 0.3 is 0 Å². The molecule has 2 aromatic rings. The molecule has 0 aliphatic carbocycles. The molecule has 2 heterocycles. The van der Waals surface area contributed by atoms with Crippen molar-refractivity contribution in [2.75, 3.05) is 12.4 Å². The van der Waals surface area contributed by atoms with Crippen LogP contribution in [0.2, 0.25) is 9.36 Å². The maximum Gasteiger partial charge on any atom is 0.242 e. The molecule has 0 radical (unpaired) electrons. The van der Waals surface area contributed by atoms with Crippen LogP contribution in [0.4, 0.5) is 5.82 Å². The van der Waals surface area contributed by atoms with Crippen molar-refractivity contribution in [1.29, 1.82) is 0 Å². The fourth-order valence-corrected chi connectivity index (χ4v) is 2.96. The minimum absolute atomic E-state index is 0.116. The lowest BCUT2D eigenvalue weighted by atomic mass is 10.2. The number of aromatic nitrogens is 1. The van der Waals surface area contributed by atoms with E-state index < -0.39 is 0 Å². The van der Waals surface area contributed by atoms with Crippen LogP contribution in [-0.2, 0) is 11.3 Å². The number of nitrogens with zero attached hydrogens (tertiary/aromatic N) is 2. The monoisotopic (exact) mass is 343 g/mol. The highest BCUT2D eigenvalue weighted by atomic mass is 35.5. The van der Waals surface area contributed by atoms with Gasteiger partial charge in [-0.3, -0.25) is 9.69 Å². The average molecular weight is 344 g/mol. The summed E-state index contributed by atoms with van der Waals surface area (Å²) in [6.07, 6.45) is 1.50. The molecule has 112 valence electrons. The van der Waals surface area contributed by atoms with E-state index in [1.54, 1.807) is 12.1 Å². The van der Waals surface area contributed by atoms with Gasteiger partial charge in [-0.25, -0.2) is 4.98 Å². The van der Waals surface area contributed by atoms with Crippen LogP contribution in [-0.4, -0.2) is 28.9 Å². The Morgan fingerprint density at radius 3 is 2.71 bits per heavy atom. The number of pyridine rings is 1. The van der Waals surface area contributed by atoms with E-state index in [2.05, 4.69) is 10.3 Å². The van der Waals surface area contributed by atoms with Crippen molar-refractivity contribution >= 4 is 46.3 Å². The molecule has 1 unspecified atom stereocenters. The average Bonchev–Trinajstić information content (AvgIpc) is 2.85. The van der Waals surface area contributed by atoms with Gasteiger partial charge in [-0.2, -0.15) is 0 Å². The van der Waals surface area contributed by atoms with Gasteiger partial charge in [-0.15, -0.1) is 11.3 Å². The molecule has 1 atom stereocenters. The lowest BCUT2D eigenvalue weighted by Gasteiger charge is -2.23. The van der Waals surface area contributed by atoms with Gasteiger partial charge in [0.2, 0.25) is 5.91 Å². The van der Waals surface area contributed by atoms with Gasteiger partial charge in [-0.1, -0.05) is 23.2 Å². The first-order chi connectivity index (χ1) is 9.95. The van der Waals surface area contributed by atoms with Gasteiger partial charge in [0, 0.05) is 17.6 Å². The van der Waals surface area contributed by atoms with Crippen molar-refractivity contribution in [2.45, 2.75) is 19.5 Å². The molecule has 1 N–H and O–H groups in total. The number of carbonyl (C=O) groups is 1. The molecule has 0 aliphatic heterocycles. The van der Waals surface area contributed by atoms with Gasteiger partial charge < -0.3 is 5.32 Å². The number of anilines is 1. The Morgan fingerprint density at radius 1 is 1.38 bits per heavy atom. The minimum atomic E-state index is -0.289. The summed E-state index contributed by atoms with van der Waals surface area (Å²) in [7, 11) is 1.90. The Kier molecular flexibility index (Phi) is 5.58. The van der Waals surface area contributed by atoms with Crippen LogP contribution >= 0.6 is 34.5 Å². The van der Waals surface area contributed by atoms with Crippen molar-refractivity contribution in [3.05, 3.63) is 44.7 Å². The molecule has 7 heteroatoms. The summed E-state index contributed by atoms with van der Waals surface area (Å²) in [6, 6.07) is 6.90. The number of halogens is 2. The Morgan fingerprint density at radius 2 is 2.14 bits per heavy atom. The van der Waals surface area contributed by atoms with Gasteiger partial charge in [0.25, 0.3) is 0 Å². The second-order valence-corrected chi connectivity index (χ2v) is 6.88. The topological polar surface area (TPSA) is 45.2 Å². The summed E-state index contributed by atoms with van der Waals surface area (Å²) in [5.41, 5.74) is 0. The normalized spacial score (nSPS) is 12.4. The van der Waals surface area contributed by atoms with E-state index in [-0.39, 0.29) is 11.9 Å². The van der Waals surface area contributed by atoms with E-state index in [0.717, 1.165) is 9.21 Å². The van der Waals surface area contributed by atoms with Crippen LogP contribution in [0.15, 0.2) is 30.5 Å². The van der Waals surface area contributed by atoms with E-state index in [1.807, 2.05) is 31.0 Å². The standard InChI is InChI=1S/C14H15Cl2N3OS/c1-9(19(2)8-11-4-5-12(16)21-11)14(20)18-13-6-3-10(15)7-17-13/h3-7,9H,8H2,1-2H3,(H,17,18,20). The number of amides is 1. The number of thiophene rings is 1. The molecule has 4 nitrogen and oxygen atoms in total. The van der Waals surface area contributed by atoms with Crippen LogP contribution < -0.4 is 5.32 Å². The number of carbonyl (C=O) groups excluding carboxylic acids is 1. The smallest absolute Gasteiger partial charge is 0.242 e. The van der Waals surface area contributed by atoms with E-state index in [9.17, 15) is 4.79 Å². The van der Waals surface area contributed by atoms with Crippen molar-refractivity contribution in [1.82, 2.24) is 9.88 Å². The van der Waals surface area contributed by atoms with Crippen molar-refractivity contribution < 1.29 is 4.79 Å². The molecule has 0 fully saturated rings. The van der Waals surface area contributed by atoms with E-state index in [0.29, 0.717) is 17.4 Å². The molecule has 0 bridgehead atoms. The fourth-order valence-electron chi connectivity index (χ4n) is 1.70. The van der Waals surface area contributed by atoms with Crippen LogP contribution in [0.5, 0.6) is 0 Å². The molecule has 0 saturated heterocycles. The van der Waals surface area contributed by atoms with Gasteiger partial charge in [0.15, 0.2) is 0 Å². The number of rotatable bonds is 5. The molecule has 2 aromatic heterocycles. The van der Waals surface area contributed by atoms with Crippen molar-refractivity contribution in [2.24, 2.45) is 0 Å². The SMILES string of the molecule is CC(C(=O)Nc1ccc(Cl)cn1)N(C)Cc1ccc(Cl)s1. The first-order valence-corrected chi connectivity index (χ1v) is 7.90. The molecule has 0 aliphatic rings. The highest BCUT2D eigenvalue weighted by Gasteiger charge is 2.19. The fraction of sp³-hybridized carbons (Fsp3) is 0.286. The van der Waals surface area contributed by atoms with Crippen molar-refractivity contribution in [3.8, 4) is 0 Å². The third-order valence-corrected chi connectivity index (χ3v) is 4.49. The Labute approximate surface area is 137 Å². The number of hydrogen-bond donors (Lipinski definition) is 1. The largest absolute Gasteiger partial charge is 0.309 e. The third-order valence-electron chi connectivity index (χ3n) is 3.05. The second kappa shape index (κ2) is 7.22.